The molecule has 0 radical (unpaired) electrons. The number of thioether (sulfide) groups is 1. The summed E-state index contributed by atoms with van der Waals surface area (Å²) in [4.78, 5) is 77.0. The van der Waals surface area contributed by atoms with Gasteiger partial charge in [0, 0.05) is 93.0 Å². The highest BCUT2D eigenvalue weighted by Gasteiger charge is 2.25. The van der Waals surface area contributed by atoms with Gasteiger partial charge in [-0.2, -0.15) is 4.98 Å². The number of hydrogen-bond acceptors (Lipinski definition) is 14. The van der Waals surface area contributed by atoms with Crippen molar-refractivity contribution < 1.29 is 47.3 Å². The molecular formula is C52H60FN10O10S+. The Bertz CT molecular complexity index is 3240. The van der Waals surface area contributed by atoms with E-state index in [1.54, 1.807) is 28.8 Å². The molecule has 3 amide bonds. The first-order valence-corrected chi connectivity index (χ1v) is 24.8. The van der Waals surface area contributed by atoms with E-state index in [9.17, 15) is 33.5 Å². The average Bonchev–Trinajstić information content (AvgIpc) is 3.71. The molecule has 1 aliphatic heterocycles. The summed E-state index contributed by atoms with van der Waals surface area (Å²) in [5.41, 5.74) is 9.89. The highest BCUT2D eigenvalue weighted by molar-refractivity contribution is 7.99. The van der Waals surface area contributed by atoms with Crippen LogP contribution in [0.1, 0.15) is 46.0 Å². The second-order valence-electron chi connectivity index (χ2n) is 17.6. The number of imidazole rings is 1. The smallest absolute Gasteiger partial charge is 0.336 e. The van der Waals surface area contributed by atoms with Gasteiger partial charge in [-0.15, -0.1) is 0 Å². The molecule has 1 aliphatic carbocycles. The second-order valence-corrected chi connectivity index (χ2v) is 18.6. The van der Waals surface area contributed by atoms with Crippen LogP contribution in [0.15, 0.2) is 93.2 Å². The fraction of sp³-hybridized carbons (Fsp3) is 0.346. The number of hydrogen-bond donors (Lipinski definition) is 6. The van der Waals surface area contributed by atoms with Gasteiger partial charge in [0.1, 0.15) is 37.3 Å². The van der Waals surface area contributed by atoms with E-state index in [1.165, 1.54) is 25.1 Å². The number of H-pyrrole nitrogens is 1. The fourth-order valence-electron chi connectivity index (χ4n) is 7.94. The lowest BCUT2D eigenvalue weighted by molar-refractivity contribution is -0.127. The molecule has 7 rings (SSSR count). The fourth-order valence-corrected chi connectivity index (χ4v) is 8.96. The lowest BCUT2D eigenvalue weighted by atomic mass is 9.89. The number of aromatic amines is 1. The molecule has 0 fully saturated rings. The van der Waals surface area contributed by atoms with Gasteiger partial charge in [0.2, 0.25) is 23.1 Å². The monoisotopic (exact) mass is 1040 g/mol. The SMILES string of the molecule is CC(=O)NC(CSc1nc2c(=O)[nH]c(N)nc2n1Cc1ccc(F)cc1)C(=O)NCCCOCCOCCOCCCNC(=O)c1ccc(-c2c3ccc(=[N+](C)C)cc-3oc3cc(N(C)C)ccc23)c(C(=O)O)c1. The number of carboxylic acid groups (broad SMARTS) is 1. The Morgan fingerprint density at radius 3 is 2.22 bits per heavy atom. The Hall–Kier alpha value is -7.66. The highest BCUT2D eigenvalue weighted by Crippen LogP contribution is 2.42. The van der Waals surface area contributed by atoms with Crippen LogP contribution in [0.25, 0.3) is 44.6 Å². The molecule has 20 nitrogen and oxygen atoms in total. The number of ether oxygens (including phenoxy) is 3. The Balaban J connectivity index is 0.794. The zero-order chi connectivity index (χ0) is 52.9. The van der Waals surface area contributed by atoms with Crippen molar-refractivity contribution in [1.29, 1.82) is 0 Å². The largest absolute Gasteiger partial charge is 0.478 e. The highest BCUT2D eigenvalue weighted by atomic mass is 32.2. The molecule has 3 heterocycles. The minimum Gasteiger partial charge on any atom is -0.478 e. The number of nitrogens with zero attached hydrogens (tertiary/aromatic N) is 5. The zero-order valence-electron chi connectivity index (χ0n) is 41.8. The third-order valence-corrected chi connectivity index (χ3v) is 12.7. The summed E-state index contributed by atoms with van der Waals surface area (Å²) in [6.07, 6.45) is 1.02. The Morgan fingerprint density at radius 1 is 0.878 bits per heavy atom. The summed E-state index contributed by atoms with van der Waals surface area (Å²) in [5, 5.41) is 20.8. The van der Waals surface area contributed by atoms with Gasteiger partial charge in [0.05, 0.1) is 44.6 Å². The number of halogens is 1. The summed E-state index contributed by atoms with van der Waals surface area (Å²) in [6.45, 7) is 4.10. The van der Waals surface area contributed by atoms with Crippen molar-refractivity contribution in [1.82, 2.24) is 40.0 Å². The van der Waals surface area contributed by atoms with E-state index in [0.717, 1.165) is 33.8 Å². The minimum atomic E-state index is -1.16. The van der Waals surface area contributed by atoms with Gasteiger partial charge in [-0.05, 0) is 66.4 Å². The first-order chi connectivity index (χ1) is 35.6. The summed E-state index contributed by atoms with van der Waals surface area (Å²) in [7, 11) is 7.74. The number of carbonyl (C=O) groups is 4. The number of rotatable bonds is 25. The Kier molecular flexibility index (Phi) is 18.5. The van der Waals surface area contributed by atoms with Crippen molar-refractivity contribution in [2.75, 3.05) is 97.3 Å². The van der Waals surface area contributed by atoms with Crippen LogP contribution in [0.5, 0.6) is 0 Å². The molecule has 22 heteroatoms. The molecule has 2 aliphatic rings. The molecule has 2 aromatic heterocycles. The van der Waals surface area contributed by atoms with E-state index in [0.29, 0.717) is 92.2 Å². The maximum atomic E-state index is 13.6. The zero-order valence-corrected chi connectivity index (χ0v) is 42.6. The number of nitrogens with two attached hydrogens (primary N) is 1. The number of carboxylic acids is 1. The number of anilines is 2. The quantitative estimate of drug-likeness (QED) is 0.0203. The van der Waals surface area contributed by atoms with Crippen molar-refractivity contribution in [2.24, 2.45) is 0 Å². The normalized spacial score (nSPS) is 11.8. The molecule has 0 spiro atoms. The molecule has 0 saturated heterocycles. The number of benzene rings is 4. The topological polar surface area (TPSA) is 261 Å². The number of amides is 3. The van der Waals surface area contributed by atoms with Crippen LogP contribution >= 0.6 is 11.8 Å². The maximum Gasteiger partial charge on any atom is 0.336 e. The number of aromatic carboxylic acids is 1. The minimum absolute atomic E-state index is 0.0113. The first kappa shape index (κ1) is 54.1. The molecule has 3 aromatic carbocycles. The van der Waals surface area contributed by atoms with Gasteiger partial charge in [-0.1, -0.05) is 30.0 Å². The van der Waals surface area contributed by atoms with E-state index >= 15 is 0 Å². The van der Waals surface area contributed by atoms with Crippen molar-refractivity contribution in [3.8, 4) is 22.5 Å². The predicted octanol–water partition coefficient (Wildman–Crippen LogP) is 4.18. The van der Waals surface area contributed by atoms with Crippen molar-refractivity contribution in [3.63, 3.8) is 0 Å². The van der Waals surface area contributed by atoms with Crippen LogP contribution in [0.4, 0.5) is 16.0 Å². The van der Waals surface area contributed by atoms with Crippen LogP contribution in [0, 0.1) is 5.82 Å². The number of nitrogen functional groups attached to an aromatic ring is 1. The van der Waals surface area contributed by atoms with E-state index in [4.69, 9.17) is 24.4 Å². The summed E-state index contributed by atoms with van der Waals surface area (Å²) in [5.74, 6) is -2.22. The number of aromatic nitrogens is 4. The molecule has 7 N–H and O–H groups in total. The predicted molar refractivity (Wildman–Crippen MR) is 280 cm³/mol. The number of nitrogens with one attached hydrogen (secondary N) is 4. The van der Waals surface area contributed by atoms with Gasteiger partial charge in [0.15, 0.2) is 16.3 Å². The van der Waals surface area contributed by atoms with Crippen LogP contribution in [-0.4, -0.2) is 141 Å². The van der Waals surface area contributed by atoms with Crippen LogP contribution in [-0.2, 0) is 30.3 Å². The van der Waals surface area contributed by atoms with E-state index in [2.05, 4.69) is 30.9 Å². The molecule has 390 valence electrons. The molecule has 0 saturated carbocycles. The van der Waals surface area contributed by atoms with Gasteiger partial charge in [-0.3, -0.25) is 28.7 Å². The number of carbonyl (C=O) groups excluding carboxylic acids is 3. The van der Waals surface area contributed by atoms with E-state index < -0.39 is 41.1 Å². The van der Waals surface area contributed by atoms with Crippen LogP contribution in [0.3, 0.4) is 0 Å². The van der Waals surface area contributed by atoms with Gasteiger partial charge < -0.3 is 50.3 Å². The van der Waals surface area contributed by atoms with Crippen molar-refractivity contribution in [2.45, 2.75) is 37.5 Å². The molecule has 74 heavy (non-hydrogen) atoms. The second kappa shape index (κ2) is 25.3. The van der Waals surface area contributed by atoms with Crippen molar-refractivity contribution in [3.05, 3.63) is 117 Å². The van der Waals surface area contributed by atoms with Crippen LogP contribution in [0.2, 0.25) is 0 Å². The number of fused-ring (bicyclic) bond motifs is 3. The Morgan fingerprint density at radius 2 is 1.55 bits per heavy atom. The molecule has 1 atom stereocenters. The van der Waals surface area contributed by atoms with E-state index in [-0.39, 0.29) is 47.1 Å². The third kappa shape index (κ3) is 13.9. The average molecular weight is 1040 g/mol. The first-order valence-electron chi connectivity index (χ1n) is 23.8. The summed E-state index contributed by atoms with van der Waals surface area (Å²) < 4.78 is 40.5. The summed E-state index contributed by atoms with van der Waals surface area (Å²) >= 11 is 1.14. The maximum absolute atomic E-state index is 13.6. The van der Waals surface area contributed by atoms with Gasteiger partial charge in [0.25, 0.3) is 11.5 Å². The standard InChI is InChI=1S/C52H59FN10O10S/c1-31(64)57-41(30-74-52-58-45-46(59-51(54)60-49(45)67)63(52)29-32-8-11-34(53)12-9-32)48(66)56-19-7-21-71-23-25-72-24-22-70-20-6-18-55-47(65)33-10-15-37(40(26-33)50(68)69)44-38-16-13-35(61(2)3)27-42(38)73-43-28-36(62(4)5)14-17-39(43)44/h8-17,26-28,41H,6-7,18-25,29-30H2,1-5H3,(H6-,54,55,56,57,59,60,64,65,66,67,68,69)/p+1. The lowest BCUT2D eigenvalue weighted by Gasteiger charge is -2.19. The third-order valence-electron chi connectivity index (χ3n) is 11.7. The van der Waals surface area contributed by atoms with Crippen molar-refractivity contribution >= 4 is 69.2 Å². The molecule has 0 bridgehead atoms. The molecule has 1 unspecified atom stereocenters. The van der Waals surface area contributed by atoms with Gasteiger partial charge in [-0.25, -0.2) is 18.7 Å². The van der Waals surface area contributed by atoms with Gasteiger partial charge >= 0.3 is 5.97 Å². The van der Waals surface area contributed by atoms with Crippen LogP contribution < -0.4 is 42.1 Å². The molecular weight excluding hydrogens is 976 g/mol. The lowest BCUT2D eigenvalue weighted by Crippen LogP contribution is -2.48. The van der Waals surface area contributed by atoms with E-state index in [1.807, 2.05) is 74.1 Å². The Labute approximate surface area is 429 Å². The summed E-state index contributed by atoms with van der Waals surface area (Å²) in [6, 6.07) is 21.2. The molecule has 5 aromatic rings.